The number of aromatic nitrogens is 2. The molecule has 0 fully saturated rings. The largest absolute Gasteiger partial charge is 0.492 e. The van der Waals surface area contributed by atoms with Crippen molar-refractivity contribution in [3.63, 3.8) is 0 Å². The summed E-state index contributed by atoms with van der Waals surface area (Å²) in [5.74, 6) is 0.417. The lowest BCUT2D eigenvalue weighted by molar-refractivity contribution is 0.0470. The van der Waals surface area contributed by atoms with Crippen LogP contribution in [0.5, 0.6) is 5.75 Å². The van der Waals surface area contributed by atoms with Crippen molar-refractivity contribution >= 4 is 5.97 Å². The molecule has 19 heavy (non-hydrogen) atoms. The molecule has 1 aliphatic rings. The van der Waals surface area contributed by atoms with E-state index in [0.717, 1.165) is 11.3 Å². The number of nitrogens with zero attached hydrogens (tertiary/aromatic N) is 2. The number of carbonyl (C=O) groups excluding carboxylic acids is 1. The van der Waals surface area contributed by atoms with Crippen LogP contribution in [0, 0.1) is 0 Å². The van der Waals surface area contributed by atoms with Crippen LogP contribution in [0.1, 0.15) is 34.9 Å². The fourth-order valence-electron chi connectivity index (χ4n) is 2.03. The lowest BCUT2D eigenvalue weighted by Gasteiger charge is -2.01. The predicted molar refractivity (Wildman–Crippen MR) is 64.0 cm³/mol. The molecule has 0 radical (unpaired) electrons. The van der Waals surface area contributed by atoms with Gasteiger partial charge in [-0.1, -0.05) is 23.4 Å². The van der Waals surface area contributed by atoms with E-state index in [1.54, 1.807) is 6.92 Å². The van der Waals surface area contributed by atoms with Crippen molar-refractivity contribution in [3.8, 4) is 5.75 Å². The number of hydrogen-bond acceptors (Lipinski definition) is 6. The van der Waals surface area contributed by atoms with E-state index in [1.807, 2.05) is 24.3 Å². The van der Waals surface area contributed by atoms with Gasteiger partial charge in [-0.3, -0.25) is 0 Å². The third kappa shape index (κ3) is 2.05. The Morgan fingerprint density at radius 2 is 2.32 bits per heavy atom. The van der Waals surface area contributed by atoms with Gasteiger partial charge >= 0.3 is 11.9 Å². The van der Waals surface area contributed by atoms with Crippen LogP contribution in [-0.4, -0.2) is 29.3 Å². The smallest absolute Gasteiger partial charge is 0.397 e. The predicted octanol–water partition coefficient (Wildman–Crippen LogP) is 1.77. The zero-order valence-corrected chi connectivity index (χ0v) is 10.3. The van der Waals surface area contributed by atoms with Crippen LogP contribution < -0.4 is 4.74 Å². The van der Waals surface area contributed by atoms with Crippen molar-refractivity contribution in [1.82, 2.24) is 10.1 Å². The Hall–Kier alpha value is -2.37. The highest BCUT2D eigenvalue weighted by atomic mass is 16.6. The molecule has 0 N–H and O–H groups in total. The first-order valence-corrected chi connectivity index (χ1v) is 6.02. The average molecular weight is 260 g/mol. The summed E-state index contributed by atoms with van der Waals surface area (Å²) in [7, 11) is 0. The molecule has 1 aromatic heterocycles. The molecule has 98 valence electrons. The Morgan fingerprint density at radius 1 is 1.47 bits per heavy atom. The number of esters is 1. The number of fused-ring (bicyclic) bond motifs is 1. The van der Waals surface area contributed by atoms with Crippen LogP contribution in [0.4, 0.5) is 0 Å². The lowest BCUT2D eigenvalue weighted by atomic mass is 10.0. The fraction of sp³-hybridized carbons (Fsp3) is 0.308. The van der Waals surface area contributed by atoms with E-state index < -0.39 is 5.97 Å². The average Bonchev–Trinajstić information content (AvgIpc) is 3.05. The minimum atomic E-state index is -0.603. The summed E-state index contributed by atoms with van der Waals surface area (Å²) in [5, 5.41) is 3.83. The molecule has 3 rings (SSSR count). The number of carbonyl (C=O) groups is 1. The minimum absolute atomic E-state index is 0.108. The Bertz CT molecular complexity index is 608. The van der Waals surface area contributed by atoms with E-state index in [4.69, 9.17) is 14.0 Å². The maximum atomic E-state index is 11.5. The van der Waals surface area contributed by atoms with Gasteiger partial charge in [-0.15, -0.1) is 0 Å². The maximum Gasteiger partial charge on any atom is 0.397 e. The fourth-order valence-corrected chi connectivity index (χ4v) is 2.03. The van der Waals surface area contributed by atoms with Gasteiger partial charge in [0.25, 0.3) is 0 Å². The first kappa shape index (κ1) is 11.7. The second-order valence-electron chi connectivity index (χ2n) is 4.08. The van der Waals surface area contributed by atoms with E-state index in [0.29, 0.717) is 12.4 Å². The summed E-state index contributed by atoms with van der Waals surface area (Å²) in [5.41, 5.74) is 0.999. The van der Waals surface area contributed by atoms with E-state index in [-0.39, 0.29) is 18.4 Å². The molecular formula is C13H12N2O4. The highest BCUT2D eigenvalue weighted by Crippen LogP contribution is 2.36. The van der Waals surface area contributed by atoms with E-state index in [2.05, 4.69) is 10.1 Å². The molecule has 1 aromatic carbocycles. The third-order valence-electron chi connectivity index (χ3n) is 2.90. The highest BCUT2D eigenvalue weighted by molar-refractivity contribution is 5.84. The molecule has 1 atom stereocenters. The summed E-state index contributed by atoms with van der Waals surface area (Å²) >= 11 is 0. The number of rotatable bonds is 3. The van der Waals surface area contributed by atoms with Crippen LogP contribution >= 0.6 is 0 Å². The molecule has 0 saturated heterocycles. The van der Waals surface area contributed by atoms with Crippen molar-refractivity contribution in [2.24, 2.45) is 0 Å². The Balaban J connectivity index is 1.87. The molecule has 0 bridgehead atoms. The molecule has 6 nitrogen and oxygen atoms in total. The van der Waals surface area contributed by atoms with E-state index in [9.17, 15) is 4.79 Å². The summed E-state index contributed by atoms with van der Waals surface area (Å²) in [4.78, 5) is 15.5. The zero-order valence-electron chi connectivity index (χ0n) is 10.3. The quantitative estimate of drug-likeness (QED) is 0.783. The molecule has 6 heteroatoms. The van der Waals surface area contributed by atoms with Gasteiger partial charge in [0.1, 0.15) is 12.4 Å². The molecule has 1 aliphatic heterocycles. The van der Waals surface area contributed by atoms with E-state index in [1.165, 1.54) is 0 Å². The minimum Gasteiger partial charge on any atom is -0.492 e. The topological polar surface area (TPSA) is 74.5 Å². The van der Waals surface area contributed by atoms with Gasteiger partial charge in [0.2, 0.25) is 0 Å². The van der Waals surface area contributed by atoms with Crippen LogP contribution in [-0.2, 0) is 4.74 Å². The Morgan fingerprint density at radius 3 is 3.16 bits per heavy atom. The molecule has 1 unspecified atom stereocenters. The number of para-hydroxylation sites is 1. The second kappa shape index (κ2) is 4.72. The number of hydrogen-bond donors (Lipinski definition) is 0. The molecule has 2 heterocycles. The lowest BCUT2D eigenvalue weighted by Crippen LogP contribution is -2.07. The van der Waals surface area contributed by atoms with Crippen molar-refractivity contribution in [1.29, 1.82) is 0 Å². The first-order valence-electron chi connectivity index (χ1n) is 6.02. The van der Waals surface area contributed by atoms with Crippen LogP contribution in [0.15, 0.2) is 28.8 Å². The van der Waals surface area contributed by atoms with Crippen molar-refractivity contribution in [2.75, 3.05) is 13.2 Å². The molecule has 0 saturated carbocycles. The van der Waals surface area contributed by atoms with Crippen molar-refractivity contribution in [3.05, 3.63) is 41.5 Å². The van der Waals surface area contributed by atoms with Gasteiger partial charge in [0, 0.05) is 5.56 Å². The summed E-state index contributed by atoms with van der Waals surface area (Å²) in [6, 6.07) is 7.67. The molecular weight excluding hydrogens is 248 g/mol. The van der Waals surface area contributed by atoms with Gasteiger partial charge in [0.15, 0.2) is 5.82 Å². The van der Waals surface area contributed by atoms with Gasteiger partial charge in [-0.25, -0.2) is 4.79 Å². The van der Waals surface area contributed by atoms with Crippen molar-refractivity contribution in [2.45, 2.75) is 12.8 Å². The zero-order chi connectivity index (χ0) is 13.2. The number of benzene rings is 1. The first-order chi connectivity index (χ1) is 9.29. The Labute approximate surface area is 109 Å². The SMILES string of the molecule is CCOC(=O)c1nc(C2COc3ccccc32)no1. The summed E-state index contributed by atoms with van der Waals surface area (Å²) in [6.07, 6.45) is 0. The Kier molecular flexibility index (Phi) is 2.91. The van der Waals surface area contributed by atoms with Crippen LogP contribution in [0.3, 0.4) is 0 Å². The second-order valence-corrected chi connectivity index (χ2v) is 4.08. The monoisotopic (exact) mass is 260 g/mol. The number of ether oxygens (including phenoxy) is 2. The molecule has 2 aromatic rings. The highest BCUT2D eigenvalue weighted by Gasteiger charge is 2.30. The van der Waals surface area contributed by atoms with Crippen LogP contribution in [0.2, 0.25) is 0 Å². The summed E-state index contributed by atoms with van der Waals surface area (Å²) in [6.45, 7) is 2.43. The van der Waals surface area contributed by atoms with Crippen LogP contribution in [0.25, 0.3) is 0 Å². The van der Waals surface area contributed by atoms with Gasteiger partial charge < -0.3 is 14.0 Å². The third-order valence-corrected chi connectivity index (χ3v) is 2.90. The molecule has 0 aliphatic carbocycles. The molecule has 0 spiro atoms. The summed E-state index contributed by atoms with van der Waals surface area (Å²) < 4.78 is 15.3. The van der Waals surface area contributed by atoms with E-state index >= 15 is 0 Å². The van der Waals surface area contributed by atoms with Gasteiger partial charge in [-0.2, -0.15) is 4.98 Å². The van der Waals surface area contributed by atoms with Gasteiger partial charge in [0.05, 0.1) is 12.5 Å². The standard InChI is InChI=1S/C13H12N2O4/c1-2-17-13(16)12-14-11(15-19-12)9-7-18-10-6-4-3-5-8(9)10/h3-6,9H,2,7H2,1H3. The van der Waals surface area contributed by atoms with Crippen molar-refractivity contribution < 1.29 is 18.8 Å². The maximum absolute atomic E-state index is 11.5. The normalized spacial score (nSPS) is 16.8. The van der Waals surface area contributed by atoms with Gasteiger partial charge in [-0.05, 0) is 13.0 Å². The molecule has 0 amide bonds.